The zero-order valence-corrected chi connectivity index (χ0v) is 12.2. The van der Waals surface area contributed by atoms with Gasteiger partial charge in [-0.3, -0.25) is 0 Å². The van der Waals surface area contributed by atoms with E-state index in [9.17, 15) is 0 Å². The molecule has 0 spiro atoms. The van der Waals surface area contributed by atoms with Gasteiger partial charge in [-0.15, -0.1) is 0 Å². The van der Waals surface area contributed by atoms with Crippen molar-refractivity contribution in [1.29, 1.82) is 5.26 Å². The molecule has 1 N–H and O–H groups in total. The number of benzene rings is 1. The summed E-state index contributed by atoms with van der Waals surface area (Å²) in [6, 6.07) is 12.7. The molecule has 1 aromatic rings. The lowest BCUT2D eigenvalue weighted by Gasteiger charge is -2.21. The van der Waals surface area contributed by atoms with Crippen LogP contribution in [0, 0.1) is 17.2 Å². The molecule has 2 unspecified atom stereocenters. The van der Waals surface area contributed by atoms with Crippen molar-refractivity contribution in [3.05, 3.63) is 35.9 Å². The Labute approximate surface area is 117 Å². The zero-order chi connectivity index (χ0) is 13.9. The smallest absolute Gasteiger partial charge is 0.0641 e. The third kappa shape index (κ3) is 5.89. The highest BCUT2D eigenvalue weighted by atomic mass is 14.9. The van der Waals surface area contributed by atoms with E-state index in [-0.39, 0.29) is 6.04 Å². The molecule has 0 saturated carbocycles. The number of hydrogen-bond donors (Lipinski definition) is 1. The first-order chi connectivity index (χ1) is 9.31. The normalized spacial score (nSPS) is 13.7. The number of rotatable bonds is 9. The first-order valence-electron chi connectivity index (χ1n) is 7.47. The zero-order valence-electron chi connectivity index (χ0n) is 12.2. The van der Waals surface area contributed by atoms with Crippen LogP contribution in [0.4, 0.5) is 0 Å². The van der Waals surface area contributed by atoms with Crippen molar-refractivity contribution in [3.63, 3.8) is 0 Å². The Bertz CT molecular complexity index is 367. The molecule has 0 heterocycles. The van der Waals surface area contributed by atoms with Crippen molar-refractivity contribution in [2.45, 2.75) is 52.0 Å². The topological polar surface area (TPSA) is 35.8 Å². The highest BCUT2D eigenvalue weighted by molar-refractivity contribution is 5.19. The van der Waals surface area contributed by atoms with Gasteiger partial charge in [-0.25, -0.2) is 0 Å². The van der Waals surface area contributed by atoms with Gasteiger partial charge in [0.15, 0.2) is 0 Å². The Morgan fingerprint density at radius 2 is 1.95 bits per heavy atom. The lowest BCUT2D eigenvalue weighted by molar-refractivity contribution is 0.392. The van der Waals surface area contributed by atoms with Gasteiger partial charge in [-0.05, 0) is 24.4 Å². The average molecular weight is 258 g/mol. The van der Waals surface area contributed by atoms with Crippen molar-refractivity contribution in [2.75, 3.05) is 6.54 Å². The molecule has 0 fully saturated rings. The van der Waals surface area contributed by atoms with Gasteiger partial charge < -0.3 is 5.32 Å². The van der Waals surface area contributed by atoms with E-state index in [1.807, 2.05) is 18.2 Å². The van der Waals surface area contributed by atoms with Crippen LogP contribution in [0.5, 0.6) is 0 Å². The van der Waals surface area contributed by atoms with Crippen LogP contribution in [0.1, 0.15) is 57.6 Å². The SMILES string of the molecule is CCCCC(CC)CNC(CC#N)c1ccccc1. The van der Waals surface area contributed by atoms with Gasteiger partial charge in [0.1, 0.15) is 0 Å². The lowest BCUT2D eigenvalue weighted by atomic mass is 9.97. The number of nitriles is 1. The molecule has 19 heavy (non-hydrogen) atoms. The molecule has 1 rings (SSSR count). The Hall–Kier alpha value is -1.33. The molecule has 2 atom stereocenters. The van der Waals surface area contributed by atoms with Crippen LogP contribution >= 0.6 is 0 Å². The molecular weight excluding hydrogens is 232 g/mol. The molecule has 0 aromatic heterocycles. The minimum atomic E-state index is 0.168. The number of nitrogens with zero attached hydrogens (tertiary/aromatic N) is 1. The second-order valence-electron chi connectivity index (χ2n) is 5.15. The van der Waals surface area contributed by atoms with Crippen LogP contribution < -0.4 is 5.32 Å². The molecule has 0 saturated heterocycles. The summed E-state index contributed by atoms with van der Waals surface area (Å²) in [4.78, 5) is 0. The van der Waals surface area contributed by atoms with E-state index in [1.165, 1.54) is 31.2 Å². The van der Waals surface area contributed by atoms with Gasteiger partial charge in [0.25, 0.3) is 0 Å². The Morgan fingerprint density at radius 1 is 1.21 bits per heavy atom. The molecule has 2 heteroatoms. The van der Waals surface area contributed by atoms with E-state index in [1.54, 1.807) is 0 Å². The van der Waals surface area contributed by atoms with Gasteiger partial charge in [0.2, 0.25) is 0 Å². The Balaban J connectivity index is 2.52. The highest BCUT2D eigenvalue weighted by Gasteiger charge is 2.13. The molecule has 0 bridgehead atoms. The van der Waals surface area contributed by atoms with Crippen molar-refractivity contribution in [3.8, 4) is 6.07 Å². The van der Waals surface area contributed by atoms with Crippen LogP contribution in [0.25, 0.3) is 0 Å². The van der Waals surface area contributed by atoms with Gasteiger partial charge in [-0.2, -0.15) is 5.26 Å². The summed E-state index contributed by atoms with van der Waals surface area (Å²) in [5.41, 5.74) is 1.22. The maximum Gasteiger partial charge on any atom is 0.0641 e. The molecule has 0 aliphatic heterocycles. The fraction of sp³-hybridized carbons (Fsp3) is 0.588. The van der Waals surface area contributed by atoms with Crippen molar-refractivity contribution >= 4 is 0 Å². The minimum absolute atomic E-state index is 0.168. The second-order valence-corrected chi connectivity index (χ2v) is 5.15. The summed E-state index contributed by atoms with van der Waals surface area (Å²) in [5, 5.41) is 12.5. The maximum atomic E-state index is 8.97. The van der Waals surface area contributed by atoms with E-state index in [0.717, 1.165) is 12.5 Å². The van der Waals surface area contributed by atoms with Crippen LogP contribution in [0.2, 0.25) is 0 Å². The molecule has 2 nitrogen and oxygen atoms in total. The van der Waals surface area contributed by atoms with E-state index < -0.39 is 0 Å². The first-order valence-corrected chi connectivity index (χ1v) is 7.47. The molecule has 1 aromatic carbocycles. The van der Waals surface area contributed by atoms with E-state index in [2.05, 4.69) is 37.4 Å². The minimum Gasteiger partial charge on any atom is -0.309 e. The Kier molecular flexibility index (Phi) is 7.93. The van der Waals surface area contributed by atoms with Crippen LogP contribution in [0.3, 0.4) is 0 Å². The third-order valence-electron chi connectivity index (χ3n) is 3.69. The summed E-state index contributed by atoms with van der Waals surface area (Å²) in [6.45, 7) is 5.50. The molecular formula is C17H26N2. The number of unbranched alkanes of at least 4 members (excludes halogenated alkanes) is 1. The van der Waals surface area contributed by atoms with Crippen molar-refractivity contribution in [1.82, 2.24) is 5.32 Å². The maximum absolute atomic E-state index is 8.97. The van der Waals surface area contributed by atoms with Crippen molar-refractivity contribution in [2.24, 2.45) is 5.92 Å². The Morgan fingerprint density at radius 3 is 2.53 bits per heavy atom. The molecule has 0 aliphatic carbocycles. The molecule has 104 valence electrons. The first kappa shape index (κ1) is 15.7. The summed E-state index contributed by atoms with van der Waals surface area (Å²) < 4.78 is 0. The third-order valence-corrected chi connectivity index (χ3v) is 3.69. The summed E-state index contributed by atoms with van der Waals surface area (Å²) in [5.74, 6) is 0.727. The molecule has 0 amide bonds. The summed E-state index contributed by atoms with van der Waals surface area (Å²) in [7, 11) is 0. The second kappa shape index (κ2) is 9.58. The van der Waals surface area contributed by atoms with E-state index in [0.29, 0.717) is 6.42 Å². The summed E-state index contributed by atoms with van der Waals surface area (Å²) in [6.07, 6.45) is 5.59. The fourth-order valence-electron chi connectivity index (χ4n) is 2.34. The van der Waals surface area contributed by atoms with Gasteiger partial charge in [0.05, 0.1) is 12.5 Å². The number of nitrogens with one attached hydrogen (secondary N) is 1. The van der Waals surface area contributed by atoms with Crippen molar-refractivity contribution < 1.29 is 0 Å². The summed E-state index contributed by atoms with van der Waals surface area (Å²) >= 11 is 0. The largest absolute Gasteiger partial charge is 0.309 e. The highest BCUT2D eigenvalue weighted by Crippen LogP contribution is 2.18. The van der Waals surface area contributed by atoms with Crippen LogP contribution in [0.15, 0.2) is 30.3 Å². The standard InChI is InChI=1S/C17H26N2/c1-3-5-9-15(4-2)14-19-17(12-13-18)16-10-7-6-8-11-16/h6-8,10-11,15,17,19H,3-5,9,12,14H2,1-2H3. The average Bonchev–Trinajstić information content (AvgIpc) is 2.47. The van der Waals surface area contributed by atoms with Gasteiger partial charge in [-0.1, -0.05) is 63.4 Å². The van der Waals surface area contributed by atoms with Crippen LogP contribution in [-0.2, 0) is 0 Å². The monoisotopic (exact) mass is 258 g/mol. The van der Waals surface area contributed by atoms with Gasteiger partial charge in [0, 0.05) is 6.04 Å². The molecule has 0 radical (unpaired) electrons. The van der Waals surface area contributed by atoms with E-state index in [4.69, 9.17) is 5.26 Å². The predicted molar refractivity (Wildman–Crippen MR) is 80.7 cm³/mol. The number of hydrogen-bond acceptors (Lipinski definition) is 2. The predicted octanol–water partition coefficient (Wildman–Crippen LogP) is 4.45. The van der Waals surface area contributed by atoms with Gasteiger partial charge >= 0.3 is 0 Å². The molecule has 0 aliphatic rings. The van der Waals surface area contributed by atoms with E-state index >= 15 is 0 Å². The van der Waals surface area contributed by atoms with Crippen LogP contribution in [-0.4, -0.2) is 6.54 Å². The quantitative estimate of drug-likeness (QED) is 0.710. The fourth-order valence-corrected chi connectivity index (χ4v) is 2.34. The lowest BCUT2D eigenvalue weighted by Crippen LogP contribution is -2.27.